The van der Waals surface area contributed by atoms with Crippen molar-refractivity contribution in [3.8, 4) is 51.0 Å². The van der Waals surface area contributed by atoms with Gasteiger partial charge in [0, 0.05) is 33.2 Å². The van der Waals surface area contributed by atoms with Crippen molar-refractivity contribution >= 4 is 32.6 Å². The van der Waals surface area contributed by atoms with Crippen LogP contribution in [0.1, 0.15) is 22.3 Å². The molecular formula is C56H36N4. The summed E-state index contributed by atoms with van der Waals surface area (Å²) in [6.07, 6.45) is 0. The third-order valence-electron chi connectivity index (χ3n) is 12.3. The predicted molar refractivity (Wildman–Crippen MR) is 245 cm³/mol. The molecule has 4 heteroatoms. The number of aromatic nitrogens is 4. The molecule has 11 aromatic rings. The molecule has 280 valence electrons. The minimum atomic E-state index is -0.592. The van der Waals surface area contributed by atoms with Crippen LogP contribution >= 0.6 is 0 Å². The van der Waals surface area contributed by atoms with E-state index in [-0.39, 0.29) is 0 Å². The van der Waals surface area contributed by atoms with Gasteiger partial charge in [-0.1, -0.05) is 176 Å². The number of rotatable bonds is 6. The van der Waals surface area contributed by atoms with Crippen LogP contribution in [0, 0.1) is 0 Å². The third kappa shape index (κ3) is 5.07. The molecule has 2 aromatic heterocycles. The molecule has 0 fully saturated rings. The van der Waals surface area contributed by atoms with Crippen LogP contribution < -0.4 is 0 Å². The molecule has 4 nitrogen and oxygen atoms in total. The zero-order chi connectivity index (χ0) is 39.6. The second-order valence-electron chi connectivity index (χ2n) is 15.5. The quantitative estimate of drug-likeness (QED) is 0.169. The number of hydrogen-bond acceptors (Lipinski definition) is 3. The monoisotopic (exact) mass is 764 g/mol. The third-order valence-corrected chi connectivity index (χ3v) is 12.3. The van der Waals surface area contributed by atoms with Crippen LogP contribution in [0.2, 0.25) is 0 Å². The SMILES string of the molecule is c1ccc(-c2nc(-c3ccc(-n4c5ccccc5c5ccccc54)cc3)nc(-c3cc4ccccc4c4c3-c3ccccc3C4(c3ccccc3)c3ccccc3)n2)cc1. The van der Waals surface area contributed by atoms with Gasteiger partial charge in [0.15, 0.2) is 17.5 Å². The Bertz CT molecular complexity index is 3320. The van der Waals surface area contributed by atoms with E-state index in [2.05, 4.69) is 205 Å². The molecule has 0 saturated carbocycles. The van der Waals surface area contributed by atoms with Gasteiger partial charge in [-0.2, -0.15) is 0 Å². The van der Waals surface area contributed by atoms with E-state index in [1.54, 1.807) is 0 Å². The predicted octanol–water partition coefficient (Wildman–Crippen LogP) is 13.5. The molecule has 0 bridgehead atoms. The Kier molecular flexibility index (Phi) is 7.72. The molecule has 0 spiro atoms. The molecule has 0 N–H and O–H groups in total. The second-order valence-corrected chi connectivity index (χ2v) is 15.5. The zero-order valence-corrected chi connectivity index (χ0v) is 32.6. The summed E-state index contributed by atoms with van der Waals surface area (Å²) in [4.78, 5) is 15.9. The van der Waals surface area contributed by atoms with E-state index in [1.165, 1.54) is 55.0 Å². The highest BCUT2D eigenvalue weighted by Gasteiger charge is 2.48. The second kappa shape index (κ2) is 13.6. The van der Waals surface area contributed by atoms with Crippen LogP contribution in [0.4, 0.5) is 0 Å². The summed E-state index contributed by atoms with van der Waals surface area (Å²) < 4.78 is 2.34. The average Bonchev–Trinajstić information content (AvgIpc) is 3.84. The standard InChI is InChI=1S/C56H36N4/c1-4-18-37(19-5-1)53-57-54(38-32-34-42(35-33-38)60-49-30-16-13-26-44(49)45-27-14-17-31-50(45)60)59-55(58-53)47-36-39-20-10-11-25-43(39)52-51(47)46-28-12-15-29-48(46)56(52,40-21-6-2-7-22-40)41-23-8-3-9-24-41/h1-36H. The smallest absolute Gasteiger partial charge is 0.164 e. The van der Waals surface area contributed by atoms with E-state index in [1.807, 2.05) is 18.2 Å². The van der Waals surface area contributed by atoms with Gasteiger partial charge in [-0.05, 0) is 86.6 Å². The summed E-state index contributed by atoms with van der Waals surface area (Å²) in [5.41, 5.74) is 12.9. The van der Waals surface area contributed by atoms with Gasteiger partial charge in [0.25, 0.3) is 0 Å². The first-order chi connectivity index (χ1) is 29.8. The number of para-hydroxylation sites is 2. The number of hydrogen-bond donors (Lipinski definition) is 0. The van der Waals surface area contributed by atoms with Crippen LogP contribution in [-0.4, -0.2) is 19.5 Å². The van der Waals surface area contributed by atoms with Crippen LogP contribution in [-0.2, 0) is 5.41 Å². The van der Waals surface area contributed by atoms with E-state index in [0.29, 0.717) is 17.5 Å². The Balaban J connectivity index is 1.12. The van der Waals surface area contributed by atoms with Crippen molar-refractivity contribution in [3.05, 3.63) is 241 Å². The molecule has 0 radical (unpaired) electrons. The van der Waals surface area contributed by atoms with Crippen molar-refractivity contribution in [3.63, 3.8) is 0 Å². The van der Waals surface area contributed by atoms with E-state index in [4.69, 9.17) is 15.0 Å². The molecule has 0 atom stereocenters. The molecule has 1 aliphatic rings. The fraction of sp³-hybridized carbons (Fsp3) is 0.0179. The average molecular weight is 765 g/mol. The molecule has 2 heterocycles. The molecule has 0 aliphatic heterocycles. The highest BCUT2D eigenvalue weighted by molar-refractivity contribution is 6.09. The lowest BCUT2D eigenvalue weighted by atomic mass is 9.66. The van der Waals surface area contributed by atoms with Crippen molar-refractivity contribution < 1.29 is 0 Å². The molecule has 12 rings (SSSR count). The normalized spacial score (nSPS) is 12.8. The molecule has 0 saturated heterocycles. The summed E-state index contributed by atoms with van der Waals surface area (Å²) in [5.74, 6) is 1.89. The number of nitrogens with zero attached hydrogens (tertiary/aromatic N) is 4. The van der Waals surface area contributed by atoms with E-state index in [9.17, 15) is 0 Å². The maximum atomic E-state index is 5.41. The molecule has 0 unspecified atom stereocenters. The first-order valence-electron chi connectivity index (χ1n) is 20.5. The maximum absolute atomic E-state index is 5.41. The summed E-state index contributed by atoms with van der Waals surface area (Å²) in [7, 11) is 0. The van der Waals surface area contributed by atoms with E-state index >= 15 is 0 Å². The van der Waals surface area contributed by atoms with Crippen LogP contribution in [0.5, 0.6) is 0 Å². The molecule has 9 aromatic carbocycles. The number of fused-ring (bicyclic) bond motifs is 8. The van der Waals surface area contributed by atoms with E-state index < -0.39 is 5.41 Å². The highest BCUT2D eigenvalue weighted by Crippen LogP contribution is 2.60. The van der Waals surface area contributed by atoms with Crippen LogP contribution in [0.3, 0.4) is 0 Å². The van der Waals surface area contributed by atoms with Crippen molar-refractivity contribution in [2.45, 2.75) is 5.41 Å². The van der Waals surface area contributed by atoms with Gasteiger partial charge >= 0.3 is 0 Å². The lowest BCUT2D eigenvalue weighted by Gasteiger charge is -2.34. The summed E-state index contributed by atoms with van der Waals surface area (Å²) >= 11 is 0. The van der Waals surface area contributed by atoms with Crippen LogP contribution in [0.15, 0.2) is 218 Å². The fourth-order valence-corrected chi connectivity index (χ4v) is 9.80. The fourth-order valence-electron chi connectivity index (χ4n) is 9.80. The van der Waals surface area contributed by atoms with Gasteiger partial charge in [0.05, 0.1) is 16.4 Å². The first-order valence-corrected chi connectivity index (χ1v) is 20.5. The van der Waals surface area contributed by atoms with Gasteiger partial charge < -0.3 is 4.57 Å². The van der Waals surface area contributed by atoms with Gasteiger partial charge in [-0.15, -0.1) is 0 Å². The summed E-state index contributed by atoms with van der Waals surface area (Å²) in [5, 5.41) is 4.81. The van der Waals surface area contributed by atoms with Crippen molar-refractivity contribution in [1.29, 1.82) is 0 Å². The van der Waals surface area contributed by atoms with Gasteiger partial charge in [-0.3, -0.25) is 0 Å². The number of benzene rings is 9. The summed E-state index contributed by atoms with van der Waals surface area (Å²) in [6.45, 7) is 0. The van der Waals surface area contributed by atoms with Crippen molar-refractivity contribution in [2.24, 2.45) is 0 Å². The minimum Gasteiger partial charge on any atom is -0.309 e. The van der Waals surface area contributed by atoms with Gasteiger partial charge in [0.2, 0.25) is 0 Å². The molecule has 1 aliphatic carbocycles. The van der Waals surface area contributed by atoms with Crippen LogP contribution in [0.25, 0.3) is 83.6 Å². The Morgan fingerprint density at radius 3 is 1.48 bits per heavy atom. The lowest BCUT2D eigenvalue weighted by Crippen LogP contribution is -2.28. The maximum Gasteiger partial charge on any atom is 0.164 e. The highest BCUT2D eigenvalue weighted by atomic mass is 15.0. The molecule has 0 amide bonds. The van der Waals surface area contributed by atoms with Crippen molar-refractivity contribution in [2.75, 3.05) is 0 Å². The van der Waals surface area contributed by atoms with Crippen molar-refractivity contribution in [1.82, 2.24) is 19.5 Å². The van der Waals surface area contributed by atoms with E-state index in [0.717, 1.165) is 33.3 Å². The summed E-state index contributed by atoms with van der Waals surface area (Å²) in [6, 6.07) is 78.0. The van der Waals surface area contributed by atoms with Gasteiger partial charge in [0.1, 0.15) is 0 Å². The largest absolute Gasteiger partial charge is 0.309 e. The Morgan fingerprint density at radius 1 is 0.367 bits per heavy atom. The topological polar surface area (TPSA) is 43.6 Å². The first kappa shape index (κ1) is 34.1. The molecular weight excluding hydrogens is 729 g/mol. The lowest BCUT2D eigenvalue weighted by molar-refractivity contribution is 0.775. The Morgan fingerprint density at radius 2 is 0.850 bits per heavy atom. The Labute approximate surface area is 347 Å². The molecule has 60 heavy (non-hydrogen) atoms. The zero-order valence-electron chi connectivity index (χ0n) is 32.6. The Hall–Kier alpha value is -7.95. The van der Waals surface area contributed by atoms with Gasteiger partial charge in [-0.25, -0.2) is 15.0 Å². The minimum absolute atomic E-state index is 0.592.